The van der Waals surface area contributed by atoms with E-state index in [2.05, 4.69) is 5.32 Å². The summed E-state index contributed by atoms with van der Waals surface area (Å²) >= 11 is 0. The Labute approximate surface area is 166 Å². The van der Waals surface area contributed by atoms with Gasteiger partial charge in [0.15, 0.2) is 5.78 Å². The fourth-order valence-corrected chi connectivity index (χ4v) is 4.25. The molecule has 0 saturated carbocycles. The Morgan fingerprint density at radius 3 is 2.69 bits per heavy atom. The van der Waals surface area contributed by atoms with Crippen LogP contribution in [0.2, 0.25) is 0 Å². The molecule has 2 heterocycles. The summed E-state index contributed by atoms with van der Waals surface area (Å²) in [6.07, 6.45) is 1.62. The highest BCUT2D eigenvalue weighted by atomic mass is 19.1. The van der Waals surface area contributed by atoms with Crippen molar-refractivity contribution in [2.45, 2.75) is 31.6 Å². The second kappa shape index (κ2) is 7.66. The average Bonchev–Trinajstić information content (AvgIpc) is 3.22. The Kier molecular flexibility index (Phi) is 5.05. The molecule has 0 radical (unpaired) electrons. The number of hydrogen-bond acceptors (Lipinski definition) is 5. The predicted molar refractivity (Wildman–Crippen MR) is 100 cm³/mol. The third kappa shape index (κ3) is 3.37. The van der Waals surface area contributed by atoms with Crippen molar-refractivity contribution in [3.05, 3.63) is 71.1 Å². The lowest BCUT2D eigenvalue weighted by molar-refractivity contribution is -0.152. The number of ether oxygens (including phenoxy) is 1. The SMILES string of the molecule is CCOC(=O)[C@@H]1C(=O)C2=C(C[C@H]1c1ccco1)NC(=O)C[C@H]2c1ccccc1F. The molecule has 1 aliphatic heterocycles. The van der Waals surface area contributed by atoms with E-state index in [1.165, 1.54) is 12.3 Å². The lowest BCUT2D eigenvalue weighted by atomic mass is 9.69. The van der Waals surface area contributed by atoms with Crippen molar-refractivity contribution in [3.63, 3.8) is 0 Å². The molecule has 0 saturated heterocycles. The van der Waals surface area contributed by atoms with E-state index in [0.29, 0.717) is 11.5 Å². The molecule has 7 heteroatoms. The zero-order valence-electron chi connectivity index (χ0n) is 15.8. The van der Waals surface area contributed by atoms with Gasteiger partial charge in [-0.1, -0.05) is 18.2 Å². The van der Waals surface area contributed by atoms with Gasteiger partial charge in [0.1, 0.15) is 17.5 Å². The van der Waals surface area contributed by atoms with Gasteiger partial charge in [-0.05, 0) is 37.1 Å². The van der Waals surface area contributed by atoms with Gasteiger partial charge in [0, 0.05) is 29.5 Å². The zero-order valence-corrected chi connectivity index (χ0v) is 15.8. The van der Waals surface area contributed by atoms with E-state index < -0.39 is 35.3 Å². The van der Waals surface area contributed by atoms with Crippen LogP contribution in [0, 0.1) is 11.7 Å². The first-order chi connectivity index (χ1) is 14.0. The first-order valence-corrected chi connectivity index (χ1v) is 9.52. The Morgan fingerprint density at radius 2 is 2.00 bits per heavy atom. The van der Waals surface area contributed by atoms with Crippen molar-refractivity contribution in [2.75, 3.05) is 6.61 Å². The first-order valence-electron chi connectivity index (χ1n) is 9.52. The van der Waals surface area contributed by atoms with Gasteiger partial charge < -0.3 is 14.5 Å². The fourth-order valence-electron chi connectivity index (χ4n) is 4.25. The van der Waals surface area contributed by atoms with E-state index in [-0.39, 0.29) is 36.5 Å². The average molecular weight is 397 g/mol. The minimum absolute atomic E-state index is 0.0630. The quantitative estimate of drug-likeness (QED) is 0.633. The molecule has 0 unspecified atom stereocenters. The molecule has 2 aliphatic rings. The van der Waals surface area contributed by atoms with Crippen LogP contribution in [0.25, 0.3) is 0 Å². The highest BCUT2D eigenvalue weighted by Crippen LogP contribution is 2.46. The molecular weight excluding hydrogens is 377 g/mol. The first kappa shape index (κ1) is 19.1. The Bertz CT molecular complexity index is 994. The molecule has 2 aromatic rings. The van der Waals surface area contributed by atoms with Crippen LogP contribution in [0.3, 0.4) is 0 Å². The lowest BCUT2D eigenvalue weighted by Gasteiger charge is -2.37. The summed E-state index contributed by atoms with van der Waals surface area (Å²) in [5.41, 5.74) is 0.958. The molecule has 1 N–H and O–H groups in total. The summed E-state index contributed by atoms with van der Waals surface area (Å²) < 4.78 is 25.1. The minimum Gasteiger partial charge on any atom is -0.469 e. The summed E-state index contributed by atoms with van der Waals surface area (Å²) in [5, 5.41) is 2.75. The van der Waals surface area contributed by atoms with Crippen molar-refractivity contribution in [1.29, 1.82) is 0 Å². The van der Waals surface area contributed by atoms with Crippen LogP contribution >= 0.6 is 0 Å². The van der Waals surface area contributed by atoms with E-state index in [1.54, 1.807) is 37.3 Å². The molecule has 150 valence electrons. The second-order valence-electron chi connectivity index (χ2n) is 7.14. The number of allylic oxidation sites excluding steroid dienone is 2. The number of furan rings is 1. The largest absolute Gasteiger partial charge is 0.469 e. The van der Waals surface area contributed by atoms with Gasteiger partial charge in [-0.3, -0.25) is 14.4 Å². The summed E-state index contributed by atoms with van der Waals surface area (Å²) in [6, 6.07) is 9.43. The molecule has 0 spiro atoms. The second-order valence-corrected chi connectivity index (χ2v) is 7.14. The normalized spacial score (nSPS) is 24.1. The zero-order chi connectivity index (χ0) is 20.5. The van der Waals surface area contributed by atoms with Gasteiger partial charge in [-0.2, -0.15) is 0 Å². The maximum Gasteiger partial charge on any atom is 0.317 e. The number of Topliss-reactive ketones (excluding diaryl/α,β-unsaturated/α-hetero) is 1. The van der Waals surface area contributed by atoms with Gasteiger partial charge >= 0.3 is 5.97 Å². The number of carbonyl (C=O) groups excluding carboxylic acids is 3. The van der Waals surface area contributed by atoms with Crippen LogP contribution < -0.4 is 5.32 Å². The van der Waals surface area contributed by atoms with Crippen molar-refractivity contribution in [1.82, 2.24) is 5.32 Å². The van der Waals surface area contributed by atoms with Crippen LogP contribution in [-0.4, -0.2) is 24.3 Å². The lowest BCUT2D eigenvalue weighted by Crippen LogP contribution is -2.44. The number of halogens is 1. The summed E-state index contributed by atoms with van der Waals surface area (Å²) in [5.74, 6) is -3.88. The van der Waals surface area contributed by atoms with Crippen molar-refractivity contribution >= 4 is 17.7 Å². The maximum absolute atomic E-state index is 14.5. The Hall–Kier alpha value is -3.22. The van der Waals surface area contributed by atoms with E-state index in [0.717, 1.165) is 0 Å². The van der Waals surface area contributed by atoms with Crippen LogP contribution in [0.4, 0.5) is 4.39 Å². The molecule has 3 atom stereocenters. The molecule has 29 heavy (non-hydrogen) atoms. The molecule has 1 amide bonds. The molecule has 1 aromatic heterocycles. The number of ketones is 1. The van der Waals surface area contributed by atoms with Gasteiger partial charge in [-0.15, -0.1) is 0 Å². The maximum atomic E-state index is 14.5. The summed E-state index contributed by atoms with van der Waals surface area (Å²) in [6.45, 7) is 1.80. The molecule has 4 rings (SSSR count). The van der Waals surface area contributed by atoms with Crippen LogP contribution in [0.15, 0.2) is 58.3 Å². The number of rotatable bonds is 4. The van der Waals surface area contributed by atoms with Gasteiger partial charge in [0.05, 0.1) is 12.9 Å². The highest BCUT2D eigenvalue weighted by molar-refractivity contribution is 6.12. The standard InChI is InChI=1S/C22H20FNO5/c1-2-28-22(27)20-14(17-8-5-9-29-17)10-16-19(21(20)26)13(11-18(25)24-16)12-6-3-4-7-15(12)23/h3-9,13-14,20H,2,10-11H2,1H3,(H,24,25)/t13-,14-,20-/m0/s1. The number of hydrogen-bond donors (Lipinski definition) is 1. The third-order valence-electron chi connectivity index (χ3n) is 5.46. The molecule has 0 fully saturated rings. The van der Waals surface area contributed by atoms with E-state index in [9.17, 15) is 18.8 Å². The summed E-state index contributed by atoms with van der Waals surface area (Å²) in [7, 11) is 0. The van der Waals surface area contributed by atoms with Gasteiger partial charge in [-0.25, -0.2) is 4.39 Å². The minimum atomic E-state index is -1.11. The monoisotopic (exact) mass is 397 g/mol. The van der Waals surface area contributed by atoms with Crippen molar-refractivity contribution in [2.24, 2.45) is 5.92 Å². The van der Waals surface area contributed by atoms with Crippen molar-refractivity contribution in [3.8, 4) is 0 Å². The number of nitrogens with one attached hydrogen (secondary N) is 1. The molecule has 6 nitrogen and oxygen atoms in total. The van der Waals surface area contributed by atoms with Crippen molar-refractivity contribution < 1.29 is 27.9 Å². The van der Waals surface area contributed by atoms with Gasteiger partial charge in [0.2, 0.25) is 5.91 Å². The van der Waals surface area contributed by atoms with E-state index in [4.69, 9.17) is 9.15 Å². The molecule has 0 bridgehead atoms. The number of esters is 1. The summed E-state index contributed by atoms with van der Waals surface area (Å²) in [4.78, 5) is 38.5. The van der Waals surface area contributed by atoms with Crippen LogP contribution in [0.1, 0.15) is 42.9 Å². The fraction of sp³-hybridized carbons (Fsp3) is 0.318. The predicted octanol–water partition coefficient (Wildman–Crippen LogP) is 3.21. The Balaban J connectivity index is 1.83. The Morgan fingerprint density at radius 1 is 1.21 bits per heavy atom. The van der Waals surface area contributed by atoms with E-state index in [1.807, 2.05) is 0 Å². The smallest absolute Gasteiger partial charge is 0.317 e. The topological polar surface area (TPSA) is 85.6 Å². The van der Waals surface area contributed by atoms with Gasteiger partial charge in [0.25, 0.3) is 0 Å². The number of carbonyl (C=O) groups is 3. The van der Waals surface area contributed by atoms with Crippen LogP contribution in [-0.2, 0) is 19.1 Å². The number of amides is 1. The molecular formula is C22H20FNO5. The molecule has 1 aromatic carbocycles. The molecule has 1 aliphatic carbocycles. The highest BCUT2D eigenvalue weighted by Gasteiger charge is 2.48. The third-order valence-corrected chi connectivity index (χ3v) is 5.46. The van der Waals surface area contributed by atoms with Crippen LogP contribution in [0.5, 0.6) is 0 Å². The van der Waals surface area contributed by atoms with E-state index >= 15 is 0 Å². The number of benzene rings is 1.